The van der Waals surface area contributed by atoms with Crippen LogP contribution in [0, 0.1) is 5.41 Å². The number of phenolic OH excluding ortho intramolecular Hbond substituents is 1. The molecule has 1 saturated heterocycles. The van der Waals surface area contributed by atoms with Crippen LogP contribution in [0.15, 0.2) is 18.3 Å². The SMILES string of the molecule is Oc1ccc(-c2cnc(C3CCCN3)[nH]2)c2c1CC1(CCCC1)C2. The summed E-state index contributed by atoms with van der Waals surface area (Å²) >= 11 is 0. The molecular formula is C20H25N3O. The standard InChI is InChI=1S/C20H25N3O/c24-18-6-5-13(14-10-20(11-15(14)18)7-1-2-8-20)17-12-22-19(23-17)16-4-3-9-21-16/h5-6,12,16,21,24H,1-4,7-11H2,(H,22,23). The van der Waals surface area contributed by atoms with Gasteiger partial charge < -0.3 is 15.4 Å². The zero-order valence-corrected chi connectivity index (χ0v) is 14.1. The molecule has 1 aromatic carbocycles. The van der Waals surface area contributed by atoms with Crippen molar-refractivity contribution in [1.29, 1.82) is 0 Å². The van der Waals surface area contributed by atoms with Crippen molar-refractivity contribution in [2.75, 3.05) is 6.54 Å². The zero-order chi connectivity index (χ0) is 16.1. The molecule has 3 N–H and O–H groups in total. The fourth-order valence-corrected chi connectivity index (χ4v) is 5.19. The van der Waals surface area contributed by atoms with Crippen molar-refractivity contribution in [3.63, 3.8) is 0 Å². The van der Waals surface area contributed by atoms with Crippen LogP contribution < -0.4 is 5.32 Å². The van der Waals surface area contributed by atoms with Gasteiger partial charge >= 0.3 is 0 Å². The van der Waals surface area contributed by atoms with E-state index in [1.54, 1.807) is 0 Å². The van der Waals surface area contributed by atoms with Crippen LogP contribution in [0.4, 0.5) is 0 Å². The molecule has 3 aliphatic rings. The number of nitrogens with one attached hydrogen (secondary N) is 2. The molecule has 2 fully saturated rings. The average Bonchev–Trinajstić information content (AvgIpc) is 3.36. The molecule has 1 aromatic heterocycles. The average molecular weight is 323 g/mol. The molecule has 2 heterocycles. The van der Waals surface area contributed by atoms with Gasteiger partial charge in [0.2, 0.25) is 0 Å². The van der Waals surface area contributed by atoms with Crippen LogP contribution in [0.3, 0.4) is 0 Å². The van der Waals surface area contributed by atoms with E-state index in [0.29, 0.717) is 17.2 Å². The van der Waals surface area contributed by atoms with Crippen LogP contribution >= 0.6 is 0 Å². The third-order valence-corrected chi connectivity index (χ3v) is 6.45. The highest BCUT2D eigenvalue weighted by molar-refractivity contribution is 5.69. The van der Waals surface area contributed by atoms with E-state index in [0.717, 1.165) is 37.3 Å². The number of imidazole rings is 1. The lowest BCUT2D eigenvalue weighted by Gasteiger charge is -2.21. The van der Waals surface area contributed by atoms with E-state index in [-0.39, 0.29) is 0 Å². The summed E-state index contributed by atoms with van der Waals surface area (Å²) in [5.74, 6) is 1.53. The molecule has 2 aliphatic carbocycles. The number of nitrogens with zero attached hydrogens (tertiary/aromatic N) is 1. The van der Waals surface area contributed by atoms with Crippen molar-refractivity contribution < 1.29 is 5.11 Å². The summed E-state index contributed by atoms with van der Waals surface area (Å²) in [5, 5.41) is 13.9. The van der Waals surface area contributed by atoms with Gasteiger partial charge in [0.1, 0.15) is 11.6 Å². The quantitative estimate of drug-likeness (QED) is 0.786. The maximum absolute atomic E-state index is 10.4. The van der Waals surface area contributed by atoms with E-state index in [9.17, 15) is 5.11 Å². The second kappa shape index (κ2) is 5.35. The fraction of sp³-hybridized carbons (Fsp3) is 0.550. The van der Waals surface area contributed by atoms with Gasteiger partial charge in [0.25, 0.3) is 0 Å². The Kier molecular flexibility index (Phi) is 3.24. The van der Waals surface area contributed by atoms with Crippen LogP contribution in [0.25, 0.3) is 11.3 Å². The summed E-state index contributed by atoms with van der Waals surface area (Å²) in [6.07, 6.45) is 11.8. The first-order valence-electron chi connectivity index (χ1n) is 9.37. The van der Waals surface area contributed by atoms with Crippen LogP contribution in [0.5, 0.6) is 5.75 Å². The molecule has 1 aliphatic heterocycles. The Balaban J connectivity index is 1.53. The number of phenols is 1. The number of fused-ring (bicyclic) bond motifs is 1. The van der Waals surface area contributed by atoms with Crippen molar-refractivity contribution in [2.45, 2.75) is 57.4 Å². The second-order valence-corrected chi connectivity index (χ2v) is 7.98. The molecule has 0 radical (unpaired) electrons. The molecule has 24 heavy (non-hydrogen) atoms. The zero-order valence-electron chi connectivity index (χ0n) is 14.1. The number of H-pyrrole nitrogens is 1. The summed E-state index contributed by atoms with van der Waals surface area (Å²) < 4.78 is 0. The van der Waals surface area contributed by atoms with Gasteiger partial charge in [-0.2, -0.15) is 0 Å². The molecule has 1 spiro atoms. The Morgan fingerprint density at radius 2 is 1.92 bits per heavy atom. The molecular weight excluding hydrogens is 298 g/mol. The summed E-state index contributed by atoms with van der Waals surface area (Å²) in [6, 6.07) is 4.31. The minimum Gasteiger partial charge on any atom is -0.508 e. The highest BCUT2D eigenvalue weighted by Crippen LogP contribution is 2.52. The molecule has 4 heteroatoms. The van der Waals surface area contributed by atoms with E-state index in [4.69, 9.17) is 0 Å². The fourth-order valence-electron chi connectivity index (χ4n) is 5.19. The lowest BCUT2D eigenvalue weighted by atomic mass is 9.83. The molecule has 0 amide bonds. The van der Waals surface area contributed by atoms with E-state index in [2.05, 4.69) is 21.4 Å². The van der Waals surface area contributed by atoms with Crippen molar-refractivity contribution in [2.24, 2.45) is 5.41 Å². The largest absolute Gasteiger partial charge is 0.508 e. The van der Waals surface area contributed by atoms with Gasteiger partial charge in [-0.3, -0.25) is 0 Å². The van der Waals surface area contributed by atoms with E-state index >= 15 is 0 Å². The van der Waals surface area contributed by atoms with E-state index < -0.39 is 0 Å². The normalized spacial score (nSPS) is 24.8. The van der Waals surface area contributed by atoms with Crippen LogP contribution in [0.1, 0.15) is 61.5 Å². The minimum absolute atomic E-state index is 0.366. The molecule has 1 atom stereocenters. The highest BCUT2D eigenvalue weighted by atomic mass is 16.3. The molecule has 5 rings (SSSR count). The van der Waals surface area contributed by atoms with Gasteiger partial charge in [-0.25, -0.2) is 4.98 Å². The van der Waals surface area contributed by atoms with E-state index in [1.807, 2.05) is 12.3 Å². The third-order valence-electron chi connectivity index (χ3n) is 6.45. The Labute approximate surface area is 142 Å². The first-order chi connectivity index (χ1) is 11.7. The molecule has 1 saturated carbocycles. The van der Waals surface area contributed by atoms with Crippen molar-refractivity contribution in [3.8, 4) is 17.0 Å². The first kappa shape index (κ1) is 14.5. The highest BCUT2D eigenvalue weighted by Gasteiger charge is 2.41. The Hall–Kier alpha value is -1.81. The predicted octanol–water partition coefficient (Wildman–Crippen LogP) is 3.87. The maximum Gasteiger partial charge on any atom is 0.123 e. The van der Waals surface area contributed by atoms with Crippen LogP contribution in [0.2, 0.25) is 0 Å². The summed E-state index contributed by atoms with van der Waals surface area (Å²) in [6.45, 7) is 1.08. The van der Waals surface area contributed by atoms with Gasteiger partial charge in [0, 0.05) is 5.56 Å². The molecule has 1 unspecified atom stereocenters. The van der Waals surface area contributed by atoms with Gasteiger partial charge in [-0.05, 0) is 73.7 Å². The number of aromatic nitrogens is 2. The summed E-state index contributed by atoms with van der Waals surface area (Å²) in [7, 11) is 0. The van der Waals surface area contributed by atoms with Gasteiger partial charge in [-0.15, -0.1) is 0 Å². The number of benzene rings is 1. The summed E-state index contributed by atoms with van der Waals surface area (Å²) in [4.78, 5) is 8.18. The van der Waals surface area contributed by atoms with Gasteiger partial charge in [-0.1, -0.05) is 12.8 Å². The number of aromatic hydroxyl groups is 1. The summed E-state index contributed by atoms with van der Waals surface area (Å²) in [5.41, 5.74) is 5.29. The van der Waals surface area contributed by atoms with Crippen molar-refractivity contribution >= 4 is 0 Å². The Bertz CT molecular complexity index is 767. The third kappa shape index (κ3) is 2.20. The van der Waals surface area contributed by atoms with Crippen molar-refractivity contribution in [3.05, 3.63) is 35.3 Å². The van der Waals surface area contributed by atoms with Crippen LogP contribution in [-0.4, -0.2) is 21.6 Å². The number of aromatic amines is 1. The first-order valence-corrected chi connectivity index (χ1v) is 9.37. The predicted molar refractivity (Wildman–Crippen MR) is 94.0 cm³/mol. The van der Waals surface area contributed by atoms with Gasteiger partial charge in [0.15, 0.2) is 0 Å². The molecule has 4 nitrogen and oxygen atoms in total. The number of hydrogen-bond donors (Lipinski definition) is 3. The maximum atomic E-state index is 10.4. The monoisotopic (exact) mass is 323 g/mol. The lowest BCUT2D eigenvalue weighted by molar-refractivity contribution is 0.315. The topological polar surface area (TPSA) is 60.9 Å². The minimum atomic E-state index is 0.366. The molecule has 2 aromatic rings. The number of rotatable bonds is 2. The molecule has 126 valence electrons. The smallest absolute Gasteiger partial charge is 0.123 e. The Morgan fingerprint density at radius 1 is 1.08 bits per heavy atom. The molecule has 0 bridgehead atoms. The lowest BCUT2D eigenvalue weighted by Crippen LogP contribution is -2.15. The number of hydrogen-bond acceptors (Lipinski definition) is 3. The van der Waals surface area contributed by atoms with Crippen LogP contribution in [-0.2, 0) is 12.8 Å². The Morgan fingerprint density at radius 3 is 2.71 bits per heavy atom. The van der Waals surface area contributed by atoms with E-state index in [1.165, 1.54) is 48.8 Å². The second-order valence-electron chi connectivity index (χ2n) is 7.98. The van der Waals surface area contributed by atoms with Crippen molar-refractivity contribution in [1.82, 2.24) is 15.3 Å². The van der Waals surface area contributed by atoms with Gasteiger partial charge in [0.05, 0.1) is 17.9 Å².